The summed E-state index contributed by atoms with van der Waals surface area (Å²) in [5.74, 6) is -1.28. The fourth-order valence-electron chi connectivity index (χ4n) is 2.26. The summed E-state index contributed by atoms with van der Waals surface area (Å²) in [5, 5.41) is 1.53. The van der Waals surface area contributed by atoms with Gasteiger partial charge in [-0.25, -0.2) is 12.8 Å². The van der Waals surface area contributed by atoms with E-state index in [1.807, 2.05) is 30.3 Å². The second-order valence-electron chi connectivity index (χ2n) is 5.72. The van der Waals surface area contributed by atoms with Gasteiger partial charge < -0.3 is 5.32 Å². The predicted octanol–water partition coefficient (Wildman–Crippen LogP) is 3.01. The van der Waals surface area contributed by atoms with Crippen LogP contribution in [-0.4, -0.2) is 19.6 Å². The maximum atomic E-state index is 12.9. The van der Waals surface area contributed by atoms with E-state index >= 15 is 0 Å². The van der Waals surface area contributed by atoms with Gasteiger partial charge in [-0.05, 0) is 37.1 Å². The van der Waals surface area contributed by atoms with Crippen LogP contribution in [0.5, 0.6) is 0 Å². The molecule has 128 valence electrons. The highest BCUT2D eigenvalue weighted by atomic mass is 32.2. The molecule has 2 rings (SSSR count). The Morgan fingerprint density at radius 2 is 1.62 bits per heavy atom. The van der Waals surface area contributed by atoms with E-state index in [0.717, 1.165) is 5.56 Å². The summed E-state index contributed by atoms with van der Waals surface area (Å²) in [6.45, 7) is 3.17. The lowest BCUT2D eigenvalue weighted by atomic mass is 10.1. The van der Waals surface area contributed by atoms with Crippen LogP contribution in [0.2, 0.25) is 0 Å². The molecule has 0 heterocycles. The van der Waals surface area contributed by atoms with Crippen molar-refractivity contribution in [2.24, 2.45) is 0 Å². The van der Waals surface area contributed by atoms with Crippen molar-refractivity contribution in [1.29, 1.82) is 0 Å². The zero-order chi connectivity index (χ0) is 17.7. The number of halogens is 1. The second-order valence-corrected chi connectivity index (χ2v) is 8.04. The van der Waals surface area contributed by atoms with E-state index in [2.05, 4.69) is 5.32 Å². The Balaban J connectivity index is 2.04. The Morgan fingerprint density at radius 1 is 1.04 bits per heavy atom. The number of benzene rings is 2. The van der Waals surface area contributed by atoms with Crippen molar-refractivity contribution in [3.05, 3.63) is 71.5 Å². The lowest BCUT2D eigenvalue weighted by Gasteiger charge is -2.18. The lowest BCUT2D eigenvalue weighted by molar-refractivity contribution is -0.121. The van der Waals surface area contributed by atoms with Crippen LogP contribution in [0.1, 0.15) is 31.0 Å². The SMILES string of the molecule is C[C@H](NC(=O)[C@@H](C)S(=O)(=O)Cc1ccc(F)cc1)c1ccccc1. The summed E-state index contributed by atoms with van der Waals surface area (Å²) in [6, 6.07) is 14.2. The van der Waals surface area contributed by atoms with Crippen LogP contribution in [0.4, 0.5) is 4.39 Å². The smallest absolute Gasteiger partial charge is 0.238 e. The molecule has 0 aromatic heterocycles. The standard InChI is InChI=1S/C18H20FNO3S/c1-13(16-6-4-3-5-7-16)20-18(21)14(2)24(22,23)12-15-8-10-17(19)11-9-15/h3-11,13-14H,12H2,1-2H3,(H,20,21)/t13-,14+/m0/s1. The average molecular weight is 349 g/mol. The Morgan fingerprint density at radius 3 is 2.21 bits per heavy atom. The van der Waals surface area contributed by atoms with Crippen molar-refractivity contribution in [3.63, 3.8) is 0 Å². The molecule has 0 radical (unpaired) electrons. The molecule has 1 N–H and O–H groups in total. The molecule has 6 heteroatoms. The molecule has 0 aliphatic carbocycles. The second kappa shape index (κ2) is 7.57. The quantitative estimate of drug-likeness (QED) is 0.872. The highest BCUT2D eigenvalue weighted by molar-refractivity contribution is 7.92. The monoisotopic (exact) mass is 349 g/mol. The summed E-state index contributed by atoms with van der Waals surface area (Å²) in [4.78, 5) is 12.3. The topological polar surface area (TPSA) is 63.2 Å². The van der Waals surface area contributed by atoms with Gasteiger partial charge in [-0.1, -0.05) is 42.5 Å². The van der Waals surface area contributed by atoms with Gasteiger partial charge in [0.2, 0.25) is 5.91 Å². The summed E-state index contributed by atoms with van der Waals surface area (Å²) < 4.78 is 37.7. The first kappa shape index (κ1) is 18.1. The fourth-order valence-corrected chi connectivity index (χ4v) is 3.56. The molecule has 0 aliphatic rings. The van der Waals surface area contributed by atoms with E-state index in [1.165, 1.54) is 31.2 Å². The van der Waals surface area contributed by atoms with Gasteiger partial charge in [0, 0.05) is 0 Å². The summed E-state index contributed by atoms with van der Waals surface area (Å²) in [5.41, 5.74) is 1.35. The van der Waals surface area contributed by atoms with Crippen molar-refractivity contribution in [2.45, 2.75) is 30.9 Å². The first-order chi connectivity index (χ1) is 11.3. The number of hydrogen-bond donors (Lipinski definition) is 1. The van der Waals surface area contributed by atoms with Crippen LogP contribution in [-0.2, 0) is 20.4 Å². The predicted molar refractivity (Wildman–Crippen MR) is 91.5 cm³/mol. The average Bonchev–Trinajstić information content (AvgIpc) is 2.56. The number of amides is 1. The molecule has 0 unspecified atom stereocenters. The zero-order valence-electron chi connectivity index (χ0n) is 13.6. The number of hydrogen-bond acceptors (Lipinski definition) is 3. The van der Waals surface area contributed by atoms with Crippen LogP contribution in [0.25, 0.3) is 0 Å². The van der Waals surface area contributed by atoms with Gasteiger partial charge in [0.25, 0.3) is 0 Å². The van der Waals surface area contributed by atoms with Gasteiger partial charge in [0.05, 0.1) is 11.8 Å². The van der Waals surface area contributed by atoms with E-state index in [4.69, 9.17) is 0 Å². The first-order valence-electron chi connectivity index (χ1n) is 7.61. The van der Waals surface area contributed by atoms with E-state index in [9.17, 15) is 17.6 Å². The van der Waals surface area contributed by atoms with E-state index in [1.54, 1.807) is 6.92 Å². The molecule has 0 aliphatic heterocycles. The van der Waals surface area contributed by atoms with Crippen molar-refractivity contribution in [3.8, 4) is 0 Å². The van der Waals surface area contributed by atoms with Gasteiger partial charge >= 0.3 is 0 Å². The summed E-state index contributed by atoms with van der Waals surface area (Å²) in [6.07, 6.45) is 0. The number of rotatable bonds is 6. The molecule has 0 fully saturated rings. The third kappa shape index (κ3) is 4.64. The van der Waals surface area contributed by atoms with Gasteiger partial charge in [-0.15, -0.1) is 0 Å². The lowest BCUT2D eigenvalue weighted by Crippen LogP contribution is -2.39. The zero-order valence-corrected chi connectivity index (χ0v) is 14.4. The summed E-state index contributed by atoms with van der Waals surface area (Å²) in [7, 11) is -3.69. The Labute approximate surface area is 141 Å². The van der Waals surface area contributed by atoms with Crippen LogP contribution in [0.3, 0.4) is 0 Å². The van der Waals surface area contributed by atoms with Crippen molar-refractivity contribution in [1.82, 2.24) is 5.32 Å². The fraction of sp³-hybridized carbons (Fsp3) is 0.278. The van der Waals surface area contributed by atoms with Gasteiger partial charge in [0.15, 0.2) is 9.84 Å². The van der Waals surface area contributed by atoms with Crippen LogP contribution >= 0.6 is 0 Å². The normalized spacial score (nSPS) is 14.0. The molecule has 2 atom stereocenters. The van der Waals surface area contributed by atoms with E-state index in [0.29, 0.717) is 5.56 Å². The number of carbonyl (C=O) groups excluding carboxylic acids is 1. The molecule has 2 aromatic rings. The minimum absolute atomic E-state index is 0.290. The van der Waals surface area contributed by atoms with Crippen LogP contribution in [0, 0.1) is 5.82 Å². The Kier molecular flexibility index (Phi) is 5.72. The molecule has 0 saturated carbocycles. The van der Waals surface area contributed by atoms with E-state index < -0.39 is 26.8 Å². The molecule has 24 heavy (non-hydrogen) atoms. The molecule has 0 spiro atoms. The summed E-state index contributed by atoms with van der Waals surface area (Å²) >= 11 is 0. The molecule has 4 nitrogen and oxygen atoms in total. The van der Waals surface area contributed by atoms with Crippen LogP contribution < -0.4 is 5.32 Å². The highest BCUT2D eigenvalue weighted by Crippen LogP contribution is 2.15. The third-order valence-electron chi connectivity index (χ3n) is 3.85. The van der Waals surface area contributed by atoms with Crippen molar-refractivity contribution < 1.29 is 17.6 Å². The number of carbonyl (C=O) groups is 1. The van der Waals surface area contributed by atoms with Crippen molar-refractivity contribution in [2.75, 3.05) is 0 Å². The minimum atomic E-state index is -3.69. The first-order valence-corrected chi connectivity index (χ1v) is 9.32. The van der Waals surface area contributed by atoms with Crippen molar-refractivity contribution >= 4 is 15.7 Å². The molecular formula is C18H20FNO3S. The molecule has 0 bridgehead atoms. The largest absolute Gasteiger partial charge is 0.348 e. The molecule has 0 saturated heterocycles. The van der Waals surface area contributed by atoms with Crippen LogP contribution in [0.15, 0.2) is 54.6 Å². The molecular weight excluding hydrogens is 329 g/mol. The minimum Gasteiger partial charge on any atom is -0.348 e. The van der Waals surface area contributed by atoms with Gasteiger partial charge in [-0.3, -0.25) is 4.79 Å². The third-order valence-corrected chi connectivity index (χ3v) is 5.87. The van der Waals surface area contributed by atoms with Gasteiger partial charge in [-0.2, -0.15) is 0 Å². The highest BCUT2D eigenvalue weighted by Gasteiger charge is 2.29. The maximum Gasteiger partial charge on any atom is 0.238 e. The Bertz CT molecular complexity index is 789. The Hall–Kier alpha value is -2.21. The molecule has 1 amide bonds. The van der Waals surface area contributed by atoms with E-state index in [-0.39, 0.29) is 11.8 Å². The number of nitrogens with one attached hydrogen (secondary N) is 1. The number of sulfone groups is 1. The maximum absolute atomic E-state index is 12.9. The van der Waals surface area contributed by atoms with Gasteiger partial charge in [0.1, 0.15) is 11.1 Å². The molecule has 2 aromatic carbocycles.